The molecule has 3 rings (SSSR count). The summed E-state index contributed by atoms with van der Waals surface area (Å²) in [5.41, 5.74) is 0.971. The molecule has 1 amide bonds. The minimum absolute atomic E-state index is 0.0452. The summed E-state index contributed by atoms with van der Waals surface area (Å²) < 4.78 is 26.1. The summed E-state index contributed by atoms with van der Waals surface area (Å²) in [6.45, 7) is 0.353. The van der Waals surface area contributed by atoms with E-state index in [-0.39, 0.29) is 27.4 Å². The Morgan fingerprint density at radius 2 is 2.07 bits per heavy atom. The molecular formula is C19H22ClN3O3S2. The molecule has 1 aliphatic heterocycles. The Balaban J connectivity index is 1.98. The number of nitrogens with zero attached hydrogens (tertiary/aromatic N) is 3. The monoisotopic (exact) mass is 439 g/mol. The Morgan fingerprint density at radius 1 is 1.29 bits per heavy atom. The van der Waals surface area contributed by atoms with Crippen LogP contribution in [0.3, 0.4) is 0 Å². The van der Waals surface area contributed by atoms with Gasteiger partial charge in [-0.15, -0.1) is 0 Å². The van der Waals surface area contributed by atoms with Crippen LogP contribution in [0.5, 0.6) is 0 Å². The molecule has 6 nitrogen and oxygen atoms in total. The van der Waals surface area contributed by atoms with E-state index in [1.807, 2.05) is 18.2 Å². The van der Waals surface area contributed by atoms with E-state index in [0.29, 0.717) is 6.54 Å². The third-order valence-electron chi connectivity index (χ3n) is 4.61. The summed E-state index contributed by atoms with van der Waals surface area (Å²) in [7, 11) is -0.760. The Bertz CT molecular complexity index is 946. The van der Waals surface area contributed by atoms with E-state index in [1.165, 1.54) is 32.3 Å². The molecule has 0 radical (unpaired) electrons. The highest BCUT2D eigenvalue weighted by Crippen LogP contribution is 2.28. The Labute approximate surface area is 174 Å². The lowest BCUT2D eigenvalue weighted by Gasteiger charge is -2.29. The number of carbonyl (C=O) groups is 1. The van der Waals surface area contributed by atoms with E-state index in [4.69, 9.17) is 11.6 Å². The standard InChI is InChI=1S/C19H22ClN3O3S2/c1-22(2)28(25,26)16-6-7-18(20)17(11-16)19(24)23(15-8-10-27-13-15)12-14-5-3-4-9-21-14/h3-7,9,11,15H,8,10,12-13H2,1-2H3. The summed E-state index contributed by atoms with van der Waals surface area (Å²) in [5, 5.41) is 0.236. The van der Waals surface area contributed by atoms with Crippen molar-refractivity contribution in [2.24, 2.45) is 0 Å². The molecule has 0 spiro atoms. The fourth-order valence-electron chi connectivity index (χ4n) is 3.00. The van der Waals surface area contributed by atoms with Gasteiger partial charge in [0.1, 0.15) is 0 Å². The van der Waals surface area contributed by atoms with Crippen LogP contribution >= 0.6 is 23.4 Å². The molecule has 0 bridgehead atoms. The average molecular weight is 440 g/mol. The summed E-state index contributed by atoms with van der Waals surface area (Å²) >= 11 is 8.10. The van der Waals surface area contributed by atoms with E-state index in [9.17, 15) is 13.2 Å². The number of aromatic nitrogens is 1. The van der Waals surface area contributed by atoms with Gasteiger partial charge >= 0.3 is 0 Å². The van der Waals surface area contributed by atoms with Gasteiger partial charge in [-0.1, -0.05) is 17.7 Å². The molecule has 0 N–H and O–H groups in total. The van der Waals surface area contributed by atoms with Crippen LogP contribution in [0.1, 0.15) is 22.5 Å². The molecule has 0 aliphatic carbocycles. The highest BCUT2D eigenvalue weighted by atomic mass is 35.5. The summed E-state index contributed by atoms with van der Waals surface area (Å²) in [6, 6.07) is 9.89. The molecular weight excluding hydrogens is 418 g/mol. The first-order valence-electron chi connectivity index (χ1n) is 8.81. The molecule has 2 heterocycles. The number of pyridine rings is 1. The van der Waals surface area contributed by atoms with E-state index in [1.54, 1.807) is 22.9 Å². The number of benzene rings is 1. The summed E-state index contributed by atoms with van der Waals surface area (Å²) in [6.07, 6.45) is 2.58. The molecule has 2 aromatic rings. The second-order valence-corrected chi connectivity index (χ2v) is 10.4. The first-order valence-corrected chi connectivity index (χ1v) is 11.8. The van der Waals surface area contributed by atoms with Crippen molar-refractivity contribution in [1.82, 2.24) is 14.2 Å². The number of halogens is 1. The molecule has 1 aromatic heterocycles. The predicted molar refractivity (Wildman–Crippen MR) is 112 cm³/mol. The lowest BCUT2D eigenvalue weighted by Crippen LogP contribution is -2.40. The number of sulfonamides is 1. The fourth-order valence-corrected chi connectivity index (χ4v) is 5.35. The Hall–Kier alpha value is -1.61. The fraction of sp³-hybridized carbons (Fsp3) is 0.368. The zero-order valence-electron chi connectivity index (χ0n) is 15.7. The maximum atomic E-state index is 13.4. The van der Waals surface area contributed by atoms with Gasteiger partial charge in [0.15, 0.2) is 0 Å². The second kappa shape index (κ2) is 8.82. The van der Waals surface area contributed by atoms with Gasteiger partial charge in [0.25, 0.3) is 5.91 Å². The van der Waals surface area contributed by atoms with Crippen LogP contribution in [0.15, 0.2) is 47.5 Å². The van der Waals surface area contributed by atoms with Crippen molar-refractivity contribution < 1.29 is 13.2 Å². The van der Waals surface area contributed by atoms with Crippen molar-refractivity contribution in [3.8, 4) is 0 Å². The van der Waals surface area contributed by atoms with Crippen LogP contribution in [0, 0.1) is 0 Å². The van der Waals surface area contributed by atoms with E-state index >= 15 is 0 Å². The van der Waals surface area contributed by atoms with Gasteiger partial charge in [0.05, 0.1) is 27.7 Å². The maximum absolute atomic E-state index is 13.4. The maximum Gasteiger partial charge on any atom is 0.256 e. The number of amides is 1. The zero-order chi connectivity index (χ0) is 20.3. The van der Waals surface area contributed by atoms with Crippen molar-refractivity contribution in [3.63, 3.8) is 0 Å². The number of hydrogen-bond acceptors (Lipinski definition) is 5. The Kier molecular flexibility index (Phi) is 6.65. The van der Waals surface area contributed by atoms with Crippen LogP contribution in [0.4, 0.5) is 0 Å². The van der Waals surface area contributed by atoms with Crippen molar-refractivity contribution in [3.05, 3.63) is 58.9 Å². The largest absolute Gasteiger partial charge is 0.329 e. The van der Waals surface area contributed by atoms with E-state index < -0.39 is 10.0 Å². The SMILES string of the molecule is CN(C)S(=O)(=O)c1ccc(Cl)c(C(=O)N(Cc2ccccn2)C2CCSC2)c1. The number of hydrogen-bond donors (Lipinski definition) is 0. The quantitative estimate of drug-likeness (QED) is 0.691. The van der Waals surface area contributed by atoms with Gasteiger partial charge in [0, 0.05) is 32.1 Å². The van der Waals surface area contributed by atoms with Crippen LogP contribution in [0.2, 0.25) is 5.02 Å². The Morgan fingerprint density at radius 3 is 2.68 bits per heavy atom. The zero-order valence-corrected chi connectivity index (χ0v) is 18.1. The predicted octanol–water partition coefficient (Wildman–Crippen LogP) is 3.13. The van der Waals surface area contributed by atoms with Gasteiger partial charge < -0.3 is 4.90 Å². The summed E-state index contributed by atoms with van der Waals surface area (Å²) in [5.74, 6) is 1.55. The smallest absolute Gasteiger partial charge is 0.256 e. The minimum atomic E-state index is -3.67. The van der Waals surface area contributed by atoms with Gasteiger partial charge in [0.2, 0.25) is 10.0 Å². The highest BCUT2D eigenvalue weighted by Gasteiger charge is 2.30. The van der Waals surface area contributed by atoms with Crippen molar-refractivity contribution in [1.29, 1.82) is 0 Å². The molecule has 1 atom stereocenters. The summed E-state index contributed by atoms with van der Waals surface area (Å²) in [4.78, 5) is 19.5. The van der Waals surface area contributed by atoms with Crippen molar-refractivity contribution >= 4 is 39.3 Å². The third kappa shape index (κ3) is 4.51. The van der Waals surface area contributed by atoms with Gasteiger partial charge in [-0.3, -0.25) is 9.78 Å². The lowest BCUT2D eigenvalue weighted by molar-refractivity contribution is 0.0678. The van der Waals surface area contributed by atoms with Crippen LogP contribution < -0.4 is 0 Å². The number of thioether (sulfide) groups is 1. The molecule has 0 saturated carbocycles. The molecule has 28 heavy (non-hydrogen) atoms. The second-order valence-electron chi connectivity index (χ2n) is 6.70. The van der Waals surface area contributed by atoms with Gasteiger partial charge in [-0.25, -0.2) is 12.7 Å². The molecule has 9 heteroatoms. The highest BCUT2D eigenvalue weighted by molar-refractivity contribution is 7.99. The lowest BCUT2D eigenvalue weighted by atomic mass is 10.1. The van der Waals surface area contributed by atoms with Gasteiger partial charge in [-0.2, -0.15) is 11.8 Å². The van der Waals surface area contributed by atoms with Crippen LogP contribution in [-0.4, -0.2) is 60.2 Å². The van der Waals surface area contributed by atoms with E-state index in [2.05, 4.69) is 4.98 Å². The average Bonchev–Trinajstić information content (AvgIpc) is 3.21. The number of rotatable bonds is 6. The molecule has 1 fully saturated rings. The minimum Gasteiger partial charge on any atom is -0.329 e. The van der Waals surface area contributed by atoms with Crippen LogP contribution in [-0.2, 0) is 16.6 Å². The number of carbonyl (C=O) groups excluding carboxylic acids is 1. The van der Waals surface area contributed by atoms with Crippen molar-refractivity contribution in [2.75, 3.05) is 25.6 Å². The molecule has 1 aliphatic rings. The molecule has 1 unspecified atom stereocenters. The normalized spacial score (nSPS) is 17.1. The van der Waals surface area contributed by atoms with Crippen LogP contribution in [0.25, 0.3) is 0 Å². The van der Waals surface area contributed by atoms with Gasteiger partial charge in [-0.05, 0) is 42.5 Å². The first kappa shape index (κ1) is 21.1. The third-order valence-corrected chi connectivity index (χ3v) is 7.90. The molecule has 1 saturated heterocycles. The molecule has 150 valence electrons. The van der Waals surface area contributed by atoms with Crippen molar-refractivity contribution in [2.45, 2.75) is 23.9 Å². The van der Waals surface area contributed by atoms with E-state index in [0.717, 1.165) is 27.9 Å². The topological polar surface area (TPSA) is 70.6 Å². The first-order chi connectivity index (χ1) is 13.3. The molecule has 1 aromatic carbocycles.